The van der Waals surface area contributed by atoms with Gasteiger partial charge in [-0.15, -0.1) is 4.91 Å². The van der Waals surface area contributed by atoms with E-state index in [1.54, 1.807) is 23.8 Å². The van der Waals surface area contributed by atoms with E-state index >= 15 is 0 Å². The van der Waals surface area contributed by atoms with Gasteiger partial charge in [-0.05, 0) is 12.1 Å². The number of nitrogens with one attached hydrogen (secondary N) is 1. The van der Waals surface area contributed by atoms with Crippen molar-refractivity contribution < 1.29 is 0 Å². The molecule has 0 atom stereocenters. The van der Waals surface area contributed by atoms with Crippen LogP contribution in [0.1, 0.15) is 5.69 Å². The highest BCUT2D eigenvalue weighted by Gasteiger charge is 2.08. The number of nitrogens with zero attached hydrogens (tertiary/aromatic N) is 3. The Hall–Kier alpha value is -1.65. The molecule has 0 fully saturated rings. The molecular formula is C6H6N4O. The molecule has 0 unspecified atom stereocenters. The van der Waals surface area contributed by atoms with E-state index in [1.807, 2.05) is 0 Å². The Morgan fingerprint density at radius 1 is 1.73 bits per heavy atom. The van der Waals surface area contributed by atoms with E-state index in [-0.39, 0.29) is 0 Å². The van der Waals surface area contributed by atoms with Crippen LogP contribution in [0, 0.1) is 11.8 Å². The van der Waals surface area contributed by atoms with Crippen molar-refractivity contribution in [1.82, 2.24) is 14.6 Å². The monoisotopic (exact) mass is 150 g/mol. The van der Waals surface area contributed by atoms with Crippen molar-refractivity contribution in [2.45, 2.75) is 6.92 Å². The lowest BCUT2D eigenvalue weighted by Gasteiger charge is -1.79. The summed E-state index contributed by atoms with van der Waals surface area (Å²) in [5.74, 6) is 0. The molecule has 0 saturated carbocycles. The fourth-order valence-electron chi connectivity index (χ4n) is 1.08. The second kappa shape index (κ2) is 1.91. The molecule has 0 spiro atoms. The van der Waals surface area contributed by atoms with Crippen molar-refractivity contribution in [3.05, 3.63) is 23.0 Å². The molecule has 5 nitrogen and oxygen atoms in total. The van der Waals surface area contributed by atoms with Gasteiger partial charge in [-0.3, -0.25) is 5.10 Å². The molecule has 2 heterocycles. The number of aromatic amines is 1. The number of imidazole rings is 1. The average molecular weight is 150 g/mol. The molecular weight excluding hydrogens is 144 g/mol. The van der Waals surface area contributed by atoms with Crippen LogP contribution in [-0.2, 0) is 0 Å². The van der Waals surface area contributed by atoms with Gasteiger partial charge in [-0.1, -0.05) is 0 Å². The van der Waals surface area contributed by atoms with E-state index in [0.717, 1.165) is 5.69 Å². The van der Waals surface area contributed by atoms with E-state index in [0.29, 0.717) is 11.3 Å². The molecule has 2 aromatic rings. The summed E-state index contributed by atoms with van der Waals surface area (Å²) in [7, 11) is 0. The van der Waals surface area contributed by atoms with Gasteiger partial charge in [0.05, 0.1) is 5.69 Å². The maximum absolute atomic E-state index is 10.3. The summed E-state index contributed by atoms with van der Waals surface area (Å²) in [6.07, 6.45) is 3.34. The first-order valence-corrected chi connectivity index (χ1v) is 3.18. The molecule has 0 aromatic carbocycles. The highest BCUT2D eigenvalue weighted by Crippen LogP contribution is 2.21. The van der Waals surface area contributed by atoms with Crippen molar-refractivity contribution in [2.24, 2.45) is 5.18 Å². The van der Waals surface area contributed by atoms with Crippen molar-refractivity contribution in [1.29, 1.82) is 0 Å². The van der Waals surface area contributed by atoms with E-state index in [1.165, 1.54) is 0 Å². The minimum atomic E-state index is 0.384. The van der Waals surface area contributed by atoms with Gasteiger partial charge in [0, 0.05) is 12.4 Å². The number of hydrogen-bond donors (Lipinski definition) is 1. The van der Waals surface area contributed by atoms with Crippen LogP contribution >= 0.6 is 0 Å². The number of hydrogen-bond acceptors (Lipinski definition) is 3. The van der Waals surface area contributed by atoms with Gasteiger partial charge in [-0.2, -0.15) is 0 Å². The van der Waals surface area contributed by atoms with Crippen LogP contribution in [0.3, 0.4) is 0 Å². The minimum Gasteiger partial charge on any atom is -0.295 e. The second-order valence-corrected chi connectivity index (χ2v) is 2.30. The predicted octanol–water partition coefficient (Wildman–Crippen LogP) is 1.37. The van der Waals surface area contributed by atoms with Gasteiger partial charge < -0.3 is 0 Å². The van der Waals surface area contributed by atoms with Crippen LogP contribution < -0.4 is 0 Å². The zero-order chi connectivity index (χ0) is 7.84. The summed E-state index contributed by atoms with van der Waals surface area (Å²) < 4.78 is 1.66. The molecule has 2 rings (SSSR count). The number of fused-ring (bicyclic) bond motifs is 1. The molecule has 1 N–H and O–H groups in total. The molecule has 5 heteroatoms. The summed E-state index contributed by atoms with van der Waals surface area (Å²) in [5.41, 5.74) is 1.70. The van der Waals surface area contributed by atoms with Crippen molar-refractivity contribution >= 4 is 11.3 Å². The van der Waals surface area contributed by atoms with Crippen molar-refractivity contribution in [3.63, 3.8) is 0 Å². The summed E-state index contributed by atoms with van der Waals surface area (Å²) >= 11 is 0. The van der Waals surface area contributed by atoms with Gasteiger partial charge >= 0.3 is 0 Å². The topological polar surface area (TPSA) is 62.5 Å². The molecule has 56 valence electrons. The Morgan fingerprint density at radius 3 is 3.27 bits per heavy atom. The van der Waals surface area contributed by atoms with Gasteiger partial charge in [0.1, 0.15) is 0 Å². The summed E-state index contributed by atoms with van der Waals surface area (Å²) in [6, 6.07) is 0. The molecule has 0 aliphatic heterocycles. The third-order valence-corrected chi connectivity index (χ3v) is 1.59. The third kappa shape index (κ3) is 0.674. The Balaban J connectivity index is 2.90. The lowest BCUT2D eigenvalue weighted by atomic mass is 10.4. The first-order valence-electron chi connectivity index (χ1n) is 3.18. The molecule has 0 bridgehead atoms. The fourth-order valence-corrected chi connectivity index (χ4v) is 1.08. The molecule has 11 heavy (non-hydrogen) atoms. The van der Waals surface area contributed by atoms with E-state index < -0.39 is 0 Å². The van der Waals surface area contributed by atoms with E-state index in [4.69, 9.17) is 0 Å². The smallest absolute Gasteiger partial charge is 0.183 e. The standard InChI is InChI=1S/C6H6N4O/c1-4-5(9-11)6-7-2-3-10(6)8-4/h2-3,8H,1H3. The highest BCUT2D eigenvalue weighted by atomic mass is 16.3. The van der Waals surface area contributed by atoms with Crippen LogP contribution in [0.25, 0.3) is 5.65 Å². The molecule has 2 aromatic heterocycles. The average Bonchev–Trinajstić information content (AvgIpc) is 2.46. The number of aryl methyl sites for hydroxylation is 1. The largest absolute Gasteiger partial charge is 0.295 e. The van der Waals surface area contributed by atoms with Crippen molar-refractivity contribution in [2.75, 3.05) is 0 Å². The molecule has 0 aliphatic carbocycles. The van der Waals surface area contributed by atoms with Gasteiger partial charge in [-0.25, -0.2) is 9.50 Å². The van der Waals surface area contributed by atoms with Gasteiger partial charge in [0.25, 0.3) is 0 Å². The van der Waals surface area contributed by atoms with Crippen LogP contribution in [-0.4, -0.2) is 14.6 Å². The van der Waals surface area contributed by atoms with Crippen LogP contribution in [0.5, 0.6) is 0 Å². The highest BCUT2D eigenvalue weighted by molar-refractivity contribution is 5.66. The van der Waals surface area contributed by atoms with Crippen LogP contribution in [0.15, 0.2) is 17.6 Å². The zero-order valence-corrected chi connectivity index (χ0v) is 5.90. The maximum Gasteiger partial charge on any atom is 0.183 e. The minimum absolute atomic E-state index is 0.384. The summed E-state index contributed by atoms with van der Waals surface area (Å²) in [4.78, 5) is 14.2. The Labute approximate surface area is 62.0 Å². The second-order valence-electron chi connectivity index (χ2n) is 2.30. The number of H-pyrrole nitrogens is 1. The Kier molecular flexibility index (Phi) is 1.06. The van der Waals surface area contributed by atoms with E-state index in [9.17, 15) is 4.91 Å². The fraction of sp³-hybridized carbons (Fsp3) is 0.167. The van der Waals surface area contributed by atoms with E-state index in [2.05, 4.69) is 15.3 Å². The third-order valence-electron chi connectivity index (χ3n) is 1.59. The lowest BCUT2D eigenvalue weighted by Crippen LogP contribution is -1.78. The normalized spacial score (nSPS) is 10.6. The summed E-state index contributed by atoms with van der Waals surface area (Å²) in [5, 5.41) is 5.78. The Bertz CT molecular complexity index is 400. The quantitative estimate of drug-likeness (QED) is 0.624. The number of nitroso groups, excluding NO2 is 1. The van der Waals surface area contributed by atoms with Gasteiger partial charge in [0.15, 0.2) is 11.3 Å². The molecule has 0 aliphatic rings. The predicted molar refractivity (Wildman–Crippen MR) is 39.7 cm³/mol. The SMILES string of the molecule is Cc1[nH]n2ccnc2c1N=O. The number of rotatable bonds is 1. The lowest BCUT2D eigenvalue weighted by molar-refractivity contribution is 0.944. The molecule has 0 amide bonds. The maximum atomic E-state index is 10.3. The summed E-state index contributed by atoms with van der Waals surface area (Å²) in [6.45, 7) is 1.78. The first-order chi connectivity index (χ1) is 5.33. The zero-order valence-electron chi connectivity index (χ0n) is 5.90. The Morgan fingerprint density at radius 2 is 2.55 bits per heavy atom. The van der Waals surface area contributed by atoms with Crippen molar-refractivity contribution in [3.8, 4) is 0 Å². The molecule has 0 saturated heterocycles. The van der Waals surface area contributed by atoms with Crippen LogP contribution in [0.2, 0.25) is 0 Å². The number of aromatic nitrogens is 3. The first kappa shape index (κ1) is 6.09. The molecule has 0 radical (unpaired) electrons. The van der Waals surface area contributed by atoms with Gasteiger partial charge in [0.2, 0.25) is 0 Å². The van der Waals surface area contributed by atoms with Crippen LogP contribution in [0.4, 0.5) is 5.69 Å².